The number of nitrogens with two attached hydrogens (primary N) is 1. The molecule has 0 rings (SSSR count). The molecule has 0 aliphatic rings. The van der Waals surface area contributed by atoms with Crippen molar-refractivity contribution in [3.63, 3.8) is 0 Å². The van der Waals surface area contributed by atoms with E-state index in [1.165, 1.54) is 0 Å². The Bertz CT molecular complexity index is 136. The number of primary amides is 1. The van der Waals surface area contributed by atoms with E-state index < -0.39 is 0 Å². The Morgan fingerprint density at radius 2 is 2.08 bits per heavy atom. The molecule has 0 bridgehead atoms. The van der Waals surface area contributed by atoms with Crippen molar-refractivity contribution in [2.75, 3.05) is 0 Å². The third-order valence-corrected chi connectivity index (χ3v) is 2.02. The van der Waals surface area contributed by atoms with E-state index >= 15 is 0 Å². The van der Waals surface area contributed by atoms with E-state index in [4.69, 9.17) is 5.73 Å². The zero-order chi connectivity index (χ0) is 9.56. The van der Waals surface area contributed by atoms with Gasteiger partial charge >= 0.3 is 0 Å². The Kier molecular flexibility index (Phi) is 5.72. The van der Waals surface area contributed by atoms with Crippen LogP contribution in [0.15, 0.2) is 0 Å². The number of amides is 1. The highest BCUT2D eigenvalue weighted by atomic mass is 16.1. The van der Waals surface area contributed by atoms with Gasteiger partial charge in [0.15, 0.2) is 0 Å². The van der Waals surface area contributed by atoms with E-state index in [2.05, 4.69) is 19.2 Å². The number of hydrogen-bond acceptors (Lipinski definition) is 2. The topological polar surface area (TPSA) is 55.1 Å². The van der Waals surface area contributed by atoms with Crippen LogP contribution in [0.2, 0.25) is 0 Å². The largest absolute Gasteiger partial charge is 0.368 e. The molecular weight excluding hydrogens is 152 g/mol. The molecule has 0 aliphatic heterocycles. The zero-order valence-electron chi connectivity index (χ0n) is 8.26. The van der Waals surface area contributed by atoms with Gasteiger partial charge in [-0.25, -0.2) is 0 Å². The molecule has 0 aliphatic carbocycles. The average molecular weight is 172 g/mol. The van der Waals surface area contributed by atoms with Gasteiger partial charge in [0.25, 0.3) is 0 Å². The van der Waals surface area contributed by atoms with Crippen molar-refractivity contribution in [2.24, 2.45) is 5.73 Å². The monoisotopic (exact) mass is 172 g/mol. The van der Waals surface area contributed by atoms with Crippen LogP contribution in [0.25, 0.3) is 0 Å². The molecule has 1 amide bonds. The van der Waals surface area contributed by atoms with E-state index in [9.17, 15) is 4.79 Å². The van der Waals surface area contributed by atoms with Gasteiger partial charge < -0.3 is 11.1 Å². The Morgan fingerprint density at radius 1 is 1.50 bits per heavy atom. The van der Waals surface area contributed by atoms with Crippen LogP contribution in [-0.4, -0.2) is 18.0 Å². The van der Waals surface area contributed by atoms with Crippen molar-refractivity contribution in [1.82, 2.24) is 5.32 Å². The van der Waals surface area contributed by atoms with Gasteiger partial charge in [0.05, 0.1) is 6.04 Å². The SMILES string of the molecule is CCCC(NC(C)CC)C(N)=O. The summed E-state index contributed by atoms with van der Waals surface area (Å²) >= 11 is 0. The van der Waals surface area contributed by atoms with Gasteiger partial charge in [-0.15, -0.1) is 0 Å². The van der Waals surface area contributed by atoms with Crippen molar-refractivity contribution in [3.8, 4) is 0 Å². The van der Waals surface area contributed by atoms with Gasteiger partial charge in [0.2, 0.25) is 5.91 Å². The molecule has 3 heteroatoms. The van der Waals surface area contributed by atoms with E-state index in [1.807, 2.05) is 6.92 Å². The highest BCUT2D eigenvalue weighted by molar-refractivity contribution is 5.79. The molecule has 3 N–H and O–H groups in total. The lowest BCUT2D eigenvalue weighted by Gasteiger charge is -2.18. The molecule has 0 radical (unpaired) electrons. The van der Waals surface area contributed by atoms with Crippen LogP contribution in [0.3, 0.4) is 0 Å². The maximum Gasteiger partial charge on any atom is 0.234 e. The summed E-state index contributed by atoms with van der Waals surface area (Å²) in [6.07, 6.45) is 2.84. The molecule has 72 valence electrons. The van der Waals surface area contributed by atoms with Crippen molar-refractivity contribution in [3.05, 3.63) is 0 Å². The normalized spacial score (nSPS) is 15.6. The number of hydrogen-bond donors (Lipinski definition) is 2. The lowest BCUT2D eigenvalue weighted by atomic mass is 10.1. The molecule has 0 saturated carbocycles. The fourth-order valence-electron chi connectivity index (χ4n) is 1.06. The second-order valence-electron chi connectivity index (χ2n) is 3.22. The van der Waals surface area contributed by atoms with Gasteiger partial charge in [-0.2, -0.15) is 0 Å². The highest BCUT2D eigenvalue weighted by Crippen LogP contribution is 1.99. The predicted octanol–water partition coefficient (Wildman–Crippen LogP) is 1.03. The van der Waals surface area contributed by atoms with Crippen molar-refractivity contribution < 1.29 is 4.79 Å². The second-order valence-corrected chi connectivity index (χ2v) is 3.22. The molecule has 0 aromatic heterocycles. The van der Waals surface area contributed by atoms with Crippen molar-refractivity contribution in [1.29, 1.82) is 0 Å². The molecule has 2 atom stereocenters. The summed E-state index contributed by atoms with van der Waals surface area (Å²) in [4.78, 5) is 10.9. The van der Waals surface area contributed by atoms with E-state index in [0.717, 1.165) is 19.3 Å². The minimum Gasteiger partial charge on any atom is -0.368 e. The molecule has 2 unspecified atom stereocenters. The number of carbonyl (C=O) groups is 1. The minimum absolute atomic E-state index is 0.148. The molecule has 0 saturated heterocycles. The number of carbonyl (C=O) groups excluding carboxylic acids is 1. The van der Waals surface area contributed by atoms with E-state index in [0.29, 0.717) is 6.04 Å². The van der Waals surface area contributed by atoms with Crippen LogP contribution in [-0.2, 0) is 4.79 Å². The molecule has 0 aromatic carbocycles. The fraction of sp³-hybridized carbons (Fsp3) is 0.889. The average Bonchev–Trinajstić information content (AvgIpc) is 2.03. The predicted molar refractivity (Wildman–Crippen MR) is 50.8 cm³/mol. The quantitative estimate of drug-likeness (QED) is 0.628. The highest BCUT2D eigenvalue weighted by Gasteiger charge is 2.14. The number of rotatable bonds is 6. The Morgan fingerprint density at radius 3 is 2.42 bits per heavy atom. The zero-order valence-corrected chi connectivity index (χ0v) is 8.26. The van der Waals surface area contributed by atoms with Crippen LogP contribution in [0.5, 0.6) is 0 Å². The molecule has 12 heavy (non-hydrogen) atoms. The molecule has 0 fully saturated rings. The first-order valence-corrected chi connectivity index (χ1v) is 4.67. The van der Waals surface area contributed by atoms with Crippen LogP contribution in [0, 0.1) is 0 Å². The summed E-state index contributed by atoms with van der Waals surface area (Å²) in [6, 6.07) is 0.221. The Hall–Kier alpha value is -0.570. The summed E-state index contributed by atoms with van der Waals surface area (Å²) in [5.41, 5.74) is 5.22. The van der Waals surface area contributed by atoms with Gasteiger partial charge in [0.1, 0.15) is 0 Å². The van der Waals surface area contributed by atoms with Crippen LogP contribution in [0.4, 0.5) is 0 Å². The van der Waals surface area contributed by atoms with Crippen molar-refractivity contribution in [2.45, 2.75) is 52.1 Å². The molecule has 0 aromatic rings. The first-order valence-electron chi connectivity index (χ1n) is 4.67. The lowest BCUT2D eigenvalue weighted by Crippen LogP contribution is -2.45. The van der Waals surface area contributed by atoms with Crippen LogP contribution >= 0.6 is 0 Å². The molecule has 0 heterocycles. The standard InChI is InChI=1S/C9H20N2O/c1-4-6-8(9(10)12)11-7(3)5-2/h7-8,11H,4-6H2,1-3H3,(H2,10,12). The van der Waals surface area contributed by atoms with Gasteiger partial charge in [-0.1, -0.05) is 20.3 Å². The Balaban J connectivity index is 3.86. The summed E-state index contributed by atoms with van der Waals surface area (Å²) < 4.78 is 0. The summed E-state index contributed by atoms with van der Waals surface area (Å²) in [6.45, 7) is 6.20. The van der Waals surface area contributed by atoms with Gasteiger partial charge in [0, 0.05) is 6.04 Å². The minimum atomic E-state index is -0.239. The summed E-state index contributed by atoms with van der Waals surface area (Å²) in [5, 5.41) is 3.19. The van der Waals surface area contributed by atoms with Crippen molar-refractivity contribution >= 4 is 5.91 Å². The lowest BCUT2D eigenvalue weighted by molar-refractivity contribution is -0.120. The first-order chi connectivity index (χ1) is 5.61. The molecule has 0 spiro atoms. The first kappa shape index (κ1) is 11.4. The third kappa shape index (κ3) is 4.34. The summed E-state index contributed by atoms with van der Waals surface area (Å²) in [7, 11) is 0. The third-order valence-electron chi connectivity index (χ3n) is 2.02. The Labute approximate surface area is 74.7 Å². The second kappa shape index (κ2) is 6.00. The maximum absolute atomic E-state index is 10.9. The van der Waals surface area contributed by atoms with Gasteiger partial charge in [-0.05, 0) is 19.8 Å². The summed E-state index contributed by atoms with van der Waals surface area (Å²) in [5.74, 6) is -0.239. The van der Waals surface area contributed by atoms with E-state index in [1.54, 1.807) is 0 Å². The van der Waals surface area contributed by atoms with Gasteiger partial charge in [-0.3, -0.25) is 4.79 Å². The van der Waals surface area contributed by atoms with E-state index in [-0.39, 0.29) is 11.9 Å². The molecular formula is C9H20N2O. The maximum atomic E-state index is 10.9. The fourth-order valence-corrected chi connectivity index (χ4v) is 1.06. The smallest absolute Gasteiger partial charge is 0.234 e. The van der Waals surface area contributed by atoms with Crippen LogP contribution < -0.4 is 11.1 Å². The van der Waals surface area contributed by atoms with Crippen LogP contribution in [0.1, 0.15) is 40.0 Å². The molecule has 3 nitrogen and oxygen atoms in total. The number of nitrogens with one attached hydrogen (secondary N) is 1.